The van der Waals surface area contributed by atoms with Gasteiger partial charge in [-0.2, -0.15) is 18.6 Å². The molecule has 13 heteroatoms. The van der Waals surface area contributed by atoms with Crippen molar-refractivity contribution in [3.05, 3.63) is 66.2 Å². The minimum absolute atomic E-state index is 0.0508. The number of nitrogens with two attached hydrogens (primary N) is 1. The van der Waals surface area contributed by atoms with Crippen molar-refractivity contribution in [2.75, 3.05) is 26.1 Å². The summed E-state index contributed by atoms with van der Waals surface area (Å²) in [5.74, 6) is 0.673. The Bertz CT molecular complexity index is 1690. The predicted molar refractivity (Wildman–Crippen MR) is 145 cm³/mol. The fraction of sp³-hybridized carbons (Fsp3) is 0.154. The number of phenols is 1. The third-order valence-electron chi connectivity index (χ3n) is 5.60. The molecule has 0 saturated carbocycles. The first-order chi connectivity index (χ1) is 18.6. The minimum Gasteiger partial charge on any atom is -0.505 e. The van der Waals surface area contributed by atoms with E-state index in [1.54, 1.807) is 36.4 Å². The van der Waals surface area contributed by atoms with Crippen LogP contribution in [0.25, 0.3) is 10.8 Å². The molecule has 202 valence electrons. The number of methoxy groups -OCH3 is 1. The molecule has 0 atom stereocenters. The third-order valence-corrected chi connectivity index (χ3v) is 6.44. The summed E-state index contributed by atoms with van der Waals surface area (Å²) in [5, 5.41) is 36.9. The van der Waals surface area contributed by atoms with Crippen LogP contribution in [0.2, 0.25) is 0 Å². The van der Waals surface area contributed by atoms with Gasteiger partial charge in [-0.3, -0.25) is 4.55 Å². The number of aliphatic hydroxyl groups excluding tert-OH is 1. The molecule has 0 aliphatic carbocycles. The topological polar surface area (TPSA) is 189 Å². The molecule has 4 rings (SSSR count). The zero-order valence-electron chi connectivity index (χ0n) is 20.9. The molecular formula is C26H25N5O7S. The normalized spacial score (nSPS) is 12.0. The van der Waals surface area contributed by atoms with Crippen molar-refractivity contribution >= 4 is 49.3 Å². The highest BCUT2D eigenvalue weighted by atomic mass is 32.2. The summed E-state index contributed by atoms with van der Waals surface area (Å²) in [6, 6.07) is 15.5. The largest absolute Gasteiger partial charge is 0.505 e. The minimum atomic E-state index is -4.47. The Morgan fingerprint density at radius 3 is 2.26 bits per heavy atom. The Labute approximate surface area is 223 Å². The van der Waals surface area contributed by atoms with Gasteiger partial charge in [-0.1, -0.05) is 6.07 Å². The van der Waals surface area contributed by atoms with Crippen LogP contribution >= 0.6 is 0 Å². The Balaban J connectivity index is 1.61. The second kappa shape index (κ2) is 11.4. The van der Waals surface area contributed by atoms with Crippen LogP contribution in [0.4, 0.5) is 28.4 Å². The van der Waals surface area contributed by atoms with Crippen molar-refractivity contribution < 1.29 is 32.7 Å². The lowest BCUT2D eigenvalue weighted by Gasteiger charge is -2.09. The van der Waals surface area contributed by atoms with Gasteiger partial charge in [-0.25, -0.2) is 0 Å². The number of benzene rings is 4. The van der Waals surface area contributed by atoms with Gasteiger partial charge >= 0.3 is 0 Å². The van der Waals surface area contributed by atoms with Crippen molar-refractivity contribution in [3.63, 3.8) is 0 Å². The van der Waals surface area contributed by atoms with Crippen molar-refractivity contribution in [2.45, 2.75) is 11.8 Å². The highest BCUT2D eigenvalue weighted by molar-refractivity contribution is 7.85. The van der Waals surface area contributed by atoms with Crippen LogP contribution in [0.15, 0.2) is 86.0 Å². The van der Waals surface area contributed by atoms with Gasteiger partial charge < -0.3 is 25.4 Å². The molecule has 0 aliphatic heterocycles. The van der Waals surface area contributed by atoms with E-state index in [1.807, 2.05) is 6.92 Å². The Hall–Kier alpha value is -4.59. The lowest BCUT2D eigenvalue weighted by atomic mass is 10.1. The molecule has 0 unspecified atom stereocenters. The number of nitrogens with zero attached hydrogens (tertiary/aromatic N) is 4. The lowest BCUT2D eigenvalue weighted by molar-refractivity contribution is 0.201. The fourth-order valence-electron chi connectivity index (χ4n) is 3.67. The van der Waals surface area contributed by atoms with Crippen LogP contribution in [0.5, 0.6) is 17.2 Å². The first-order valence-electron chi connectivity index (χ1n) is 11.5. The Kier molecular flexibility index (Phi) is 8.04. The molecule has 0 spiro atoms. The molecule has 0 saturated heterocycles. The molecule has 0 radical (unpaired) electrons. The predicted octanol–water partition coefficient (Wildman–Crippen LogP) is 5.89. The molecule has 5 N–H and O–H groups in total. The second-order valence-corrected chi connectivity index (χ2v) is 9.72. The maximum Gasteiger partial charge on any atom is 0.294 e. The maximum atomic E-state index is 11.5. The monoisotopic (exact) mass is 551 g/mol. The molecule has 39 heavy (non-hydrogen) atoms. The van der Waals surface area contributed by atoms with E-state index in [1.165, 1.54) is 25.3 Å². The number of aliphatic hydroxyl groups is 1. The van der Waals surface area contributed by atoms with E-state index < -0.39 is 10.1 Å². The lowest BCUT2D eigenvalue weighted by Crippen LogP contribution is -2.00. The number of anilines is 1. The van der Waals surface area contributed by atoms with Crippen molar-refractivity contribution in [3.8, 4) is 17.2 Å². The van der Waals surface area contributed by atoms with Gasteiger partial charge in [-0.15, -0.1) is 10.2 Å². The quantitative estimate of drug-likeness (QED) is 0.112. The van der Waals surface area contributed by atoms with Gasteiger partial charge in [0, 0.05) is 17.1 Å². The summed E-state index contributed by atoms with van der Waals surface area (Å²) >= 11 is 0. The van der Waals surface area contributed by atoms with Gasteiger partial charge in [0.05, 0.1) is 30.0 Å². The van der Waals surface area contributed by atoms with E-state index in [0.717, 1.165) is 11.6 Å². The van der Waals surface area contributed by atoms with Crippen LogP contribution in [0.1, 0.15) is 5.56 Å². The number of rotatable bonds is 9. The van der Waals surface area contributed by atoms with Crippen molar-refractivity contribution in [2.24, 2.45) is 20.5 Å². The van der Waals surface area contributed by atoms with E-state index in [4.69, 9.17) is 20.3 Å². The number of hydrogen-bond acceptors (Lipinski definition) is 11. The van der Waals surface area contributed by atoms with Gasteiger partial charge in [0.2, 0.25) is 0 Å². The molecule has 12 nitrogen and oxygen atoms in total. The second-order valence-electron chi connectivity index (χ2n) is 8.30. The number of phenolic OH excluding ortho intramolecular Hbond substituents is 1. The SMILES string of the molecule is COc1cc(/N=N/c2ccc(OCCO)cc2)c(C)cc1/N=N/c1ccc2cc(S(=O)(=O)O)cc(N)c2c1O. The maximum absolute atomic E-state index is 11.5. The standard InChI is InChI=1S/C26H25N5O7S/c1-15-11-23(24(37-2)14-22(15)30-28-17-4-6-18(7-5-17)38-10-9-32)31-29-21-8-3-16-12-19(39(34,35)36)13-20(27)25(16)26(21)33/h3-8,11-14,32-33H,9-10,27H2,1-2H3,(H,34,35,36)/b30-28+,31-29+. The van der Waals surface area contributed by atoms with E-state index >= 15 is 0 Å². The molecule has 0 bridgehead atoms. The van der Waals surface area contributed by atoms with Crippen molar-refractivity contribution in [1.29, 1.82) is 0 Å². The first kappa shape index (κ1) is 27.4. The van der Waals surface area contributed by atoms with Gasteiger partial charge in [-0.05, 0) is 66.4 Å². The Morgan fingerprint density at radius 2 is 1.59 bits per heavy atom. The number of hydrogen-bond donors (Lipinski definition) is 4. The summed E-state index contributed by atoms with van der Waals surface area (Å²) < 4.78 is 43.0. The molecule has 4 aromatic rings. The number of ether oxygens (including phenoxy) is 2. The zero-order chi connectivity index (χ0) is 28.2. The van der Waals surface area contributed by atoms with E-state index in [0.29, 0.717) is 33.9 Å². The third kappa shape index (κ3) is 6.29. The number of fused-ring (bicyclic) bond motifs is 1. The smallest absolute Gasteiger partial charge is 0.294 e. The zero-order valence-corrected chi connectivity index (χ0v) is 21.8. The summed E-state index contributed by atoms with van der Waals surface area (Å²) in [4.78, 5) is -0.386. The molecule has 0 amide bonds. The van der Waals surface area contributed by atoms with Gasteiger partial charge in [0.15, 0.2) is 5.75 Å². The van der Waals surface area contributed by atoms with Crippen LogP contribution in [-0.4, -0.2) is 43.5 Å². The number of aromatic hydroxyl groups is 1. The van der Waals surface area contributed by atoms with Gasteiger partial charge in [0.25, 0.3) is 10.1 Å². The summed E-state index contributed by atoms with van der Waals surface area (Å²) in [6.07, 6.45) is 0. The Morgan fingerprint density at radius 1 is 0.897 bits per heavy atom. The molecule has 0 fully saturated rings. The van der Waals surface area contributed by atoms with Crippen molar-refractivity contribution in [1.82, 2.24) is 0 Å². The fourth-order valence-corrected chi connectivity index (χ4v) is 4.22. The highest BCUT2D eigenvalue weighted by Crippen LogP contribution is 2.41. The summed E-state index contributed by atoms with van der Waals surface area (Å²) in [5.41, 5.74) is 8.23. The average molecular weight is 552 g/mol. The number of aryl methyl sites for hydroxylation is 1. The molecule has 0 aromatic heterocycles. The van der Waals surface area contributed by atoms with Gasteiger partial charge in [0.1, 0.15) is 29.5 Å². The number of nitrogen functional groups attached to an aromatic ring is 1. The van der Waals surface area contributed by atoms with Crippen LogP contribution in [0, 0.1) is 6.92 Å². The van der Waals surface area contributed by atoms with Crippen LogP contribution < -0.4 is 15.2 Å². The van der Waals surface area contributed by atoms with Crippen LogP contribution in [-0.2, 0) is 10.1 Å². The first-order valence-corrected chi connectivity index (χ1v) is 12.9. The molecular weight excluding hydrogens is 526 g/mol. The molecule has 0 aliphatic rings. The summed E-state index contributed by atoms with van der Waals surface area (Å²) in [6.45, 7) is 1.95. The molecule has 4 aromatic carbocycles. The van der Waals surface area contributed by atoms with Crippen LogP contribution in [0.3, 0.4) is 0 Å². The highest BCUT2D eigenvalue weighted by Gasteiger charge is 2.16. The average Bonchev–Trinajstić information content (AvgIpc) is 2.90. The molecule has 0 heterocycles. The van der Waals surface area contributed by atoms with E-state index in [-0.39, 0.29) is 40.6 Å². The van der Waals surface area contributed by atoms with E-state index in [2.05, 4.69) is 20.5 Å². The summed E-state index contributed by atoms with van der Waals surface area (Å²) in [7, 11) is -3.00. The number of azo groups is 2. The van der Waals surface area contributed by atoms with E-state index in [9.17, 15) is 18.1 Å².